The Morgan fingerprint density at radius 2 is 1.46 bits per heavy atom. The summed E-state index contributed by atoms with van der Waals surface area (Å²) in [6.45, 7) is 10.8. The fraction of sp³-hybridized carbons (Fsp3) is 1.00. The molecule has 0 radical (unpaired) electrons. The average molecular weight is 188 g/mol. The van der Waals surface area contributed by atoms with Crippen molar-refractivity contribution in [2.24, 2.45) is 0 Å². The lowest BCUT2D eigenvalue weighted by molar-refractivity contribution is 0.198. The van der Waals surface area contributed by atoms with E-state index < -0.39 is 0 Å². The van der Waals surface area contributed by atoms with Crippen molar-refractivity contribution in [3.63, 3.8) is 0 Å². The van der Waals surface area contributed by atoms with E-state index in [2.05, 4.69) is 44.8 Å². The van der Waals surface area contributed by atoms with Gasteiger partial charge in [-0.05, 0) is 34.1 Å². The Kier molecular flexibility index (Phi) is 11.8. The van der Waals surface area contributed by atoms with Crippen molar-refractivity contribution >= 4 is 0 Å². The first-order valence-electron chi connectivity index (χ1n) is 5.46. The molecule has 0 aromatic carbocycles. The zero-order valence-electron chi connectivity index (χ0n) is 10.6. The lowest BCUT2D eigenvalue weighted by atomic mass is 10.2. The Labute approximate surface area is 84.9 Å². The van der Waals surface area contributed by atoms with Gasteiger partial charge in [0.2, 0.25) is 0 Å². The molecule has 0 heterocycles. The van der Waals surface area contributed by atoms with Gasteiger partial charge in [-0.1, -0.05) is 27.7 Å². The third kappa shape index (κ3) is 8.26. The first-order chi connectivity index (χ1) is 6.11. The van der Waals surface area contributed by atoms with Crippen LogP contribution in [0, 0.1) is 0 Å². The quantitative estimate of drug-likeness (QED) is 0.653. The number of hydrogen-bond acceptors (Lipinski definition) is 2. The molecular formula is C11H28N2. The van der Waals surface area contributed by atoms with Crippen LogP contribution in [0.1, 0.15) is 34.1 Å². The third-order valence-corrected chi connectivity index (χ3v) is 2.17. The van der Waals surface area contributed by atoms with Crippen LogP contribution in [0.25, 0.3) is 0 Å². The van der Waals surface area contributed by atoms with E-state index in [1.165, 1.54) is 13.0 Å². The minimum absolute atomic E-state index is 0.718. The van der Waals surface area contributed by atoms with Crippen molar-refractivity contribution in [2.45, 2.75) is 40.2 Å². The van der Waals surface area contributed by atoms with E-state index in [0.717, 1.165) is 12.6 Å². The van der Waals surface area contributed by atoms with Gasteiger partial charge in [-0.25, -0.2) is 0 Å². The van der Waals surface area contributed by atoms with Gasteiger partial charge in [0.25, 0.3) is 0 Å². The van der Waals surface area contributed by atoms with Crippen LogP contribution in [-0.2, 0) is 0 Å². The number of nitrogens with zero attached hydrogens (tertiary/aromatic N) is 2. The zero-order chi connectivity index (χ0) is 10.9. The Hall–Kier alpha value is -0.0800. The molecule has 0 bridgehead atoms. The van der Waals surface area contributed by atoms with E-state index in [1.54, 1.807) is 0 Å². The summed E-state index contributed by atoms with van der Waals surface area (Å²) < 4.78 is 0. The summed E-state index contributed by atoms with van der Waals surface area (Å²) in [6, 6.07) is 0.718. The van der Waals surface area contributed by atoms with Gasteiger partial charge in [-0.15, -0.1) is 0 Å². The minimum Gasteiger partial charge on any atom is -0.308 e. The van der Waals surface area contributed by atoms with Crippen molar-refractivity contribution in [3.05, 3.63) is 0 Å². The zero-order valence-corrected chi connectivity index (χ0v) is 10.6. The Morgan fingerprint density at radius 1 is 1.00 bits per heavy atom. The molecule has 0 aliphatic carbocycles. The summed E-state index contributed by atoms with van der Waals surface area (Å²) in [5.41, 5.74) is 0. The molecule has 1 unspecified atom stereocenters. The van der Waals surface area contributed by atoms with Gasteiger partial charge < -0.3 is 9.80 Å². The van der Waals surface area contributed by atoms with E-state index in [-0.39, 0.29) is 0 Å². The maximum Gasteiger partial charge on any atom is 0.0217 e. The molecule has 0 amide bonds. The summed E-state index contributed by atoms with van der Waals surface area (Å²) in [4.78, 5) is 4.65. The second-order valence-electron chi connectivity index (χ2n) is 3.40. The predicted molar refractivity (Wildman–Crippen MR) is 62.3 cm³/mol. The second-order valence-corrected chi connectivity index (χ2v) is 3.40. The van der Waals surface area contributed by atoms with Gasteiger partial charge in [0.05, 0.1) is 0 Å². The third-order valence-electron chi connectivity index (χ3n) is 2.17. The molecule has 0 rings (SSSR count). The molecule has 0 fully saturated rings. The molecule has 82 valence electrons. The summed E-state index contributed by atoms with van der Waals surface area (Å²) in [5, 5.41) is 0. The Balaban J connectivity index is 0. The van der Waals surface area contributed by atoms with Gasteiger partial charge in [0.1, 0.15) is 0 Å². The van der Waals surface area contributed by atoms with E-state index in [9.17, 15) is 0 Å². The molecule has 0 spiro atoms. The molecule has 13 heavy (non-hydrogen) atoms. The van der Waals surface area contributed by atoms with Crippen molar-refractivity contribution in [2.75, 3.05) is 34.2 Å². The van der Waals surface area contributed by atoms with Crippen LogP contribution in [0.15, 0.2) is 0 Å². The van der Waals surface area contributed by atoms with Crippen LogP contribution < -0.4 is 0 Å². The maximum absolute atomic E-state index is 2.40. The van der Waals surface area contributed by atoms with Crippen molar-refractivity contribution in [3.8, 4) is 0 Å². The van der Waals surface area contributed by atoms with Crippen molar-refractivity contribution in [1.29, 1.82) is 0 Å². The lowest BCUT2D eigenvalue weighted by Crippen LogP contribution is -2.39. The fourth-order valence-corrected chi connectivity index (χ4v) is 1.26. The second kappa shape index (κ2) is 10.0. The maximum atomic E-state index is 2.40. The van der Waals surface area contributed by atoms with Crippen LogP contribution >= 0.6 is 0 Å². The van der Waals surface area contributed by atoms with Gasteiger partial charge in [-0.3, -0.25) is 0 Å². The smallest absolute Gasteiger partial charge is 0.0217 e. The Morgan fingerprint density at radius 3 is 1.69 bits per heavy atom. The molecular weight excluding hydrogens is 160 g/mol. The number of likely N-dealkylation sites (N-methyl/N-ethyl adjacent to an activating group) is 2. The summed E-state index contributed by atoms with van der Waals surface area (Å²) in [5.74, 6) is 0. The first kappa shape index (κ1) is 15.4. The molecule has 2 heteroatoms. The molecule has 0 aliphatic heterocycles. The predicted octanol–water partition coefficient (Wildman–Crippen LogP) is 2.30. The number of hydrogen-bond donors (Lipinski definition) is 0. The summed E-state index contributed by atoms with van der Waals surface area (Å²) in [7, 11) is 6.45. The normalized spacial score (nSPS) is 12.7. The lowest BCUT2D eigenvalue weighted by Gasteiger charge is -2.28. The van der Waals surface area contributed by atoms with Gasteiger partial charge in [0.15, 0.2) is 0 Å². The highest BCUT2D eigenvalue weighted by molar-refractivity contribution is 4.68. The molecule has 0 aromatic heterocycles. The van der Waals surface area contributed by atoms with E-state index >= 15 is 0 Å². The highest BCUT2D eigenvalue weighted by Gasteiger charge is 2.10. The molecule has 0 aliphatic rings. The Bertz CT molecular complexity index is 92.1. The molecule has 2 nitrogen and oxygen atoms in total. The van der Waals surface area contributed by atoms with Gasteiger partial charge in [-0.2, -0.15) is 0 Å². The SMILES string of the molecule is CC.CCC(CN(C)C)N(C)CC. The largest absolute Gasteiger partial charge is 0.308 e. The fourth-order valence-electron chi connectivity index (χ4n) is 1.26. The molecule has 1 atom stereocenters. The van der Waals surface area contributed by atoms with E-state index in [1.807, 2.05) is 13.8 Å². The van der Waals surface area contributed by atoms with Crippen LogP contribution in [0.2, 0.25) is 0 Å². The highest BCUT2D eigenvalue weighted by atomic mass is 15.2. The van der Waals surface area contributed by atoms with Crippen LogP contribution in [0.3, 0.4) is 0 Å². The molecule has 0 saturated carbocycles. The minimum atomic E-state index is 0.718. The highest BCUT2D eigenvalue weighted by Crippen LogP contribution is 2.01. The standard InChI is InChI=1S/C9H22N2.C2H6/c1-6-9(8-10(3)4)11(5)7-2;1-2/h9H,6-8H2,1-5H3;1-2H3. The van der Waals surface area contributed by atoms with Crippen molar-refractivity contribution < 1.29 is 0 Å². The molecule has 0 aromatic rings. The topological polar surface area (TPSA) is 6.48 Å². The van der Waals surface area contributed by atoms with E-state index in [0.29, 0.717) is 0 Å². The first-order valence-corrected chi connectivity index (χ1v) is 5.46. The van der Waals surface area contributed by atoms with Crippen molar-refractivity contribution in [1.82, 2.24) is 9.80 Å². The van der Waals surface area contributed by atoms with Crippen LogP contribution in [0.4, 0.5) is 0 Å². The average Bonchev–Trinajstić information content (AvgIpc) is 2.16. The monoisotopic (exact) mass is 188 g/mol. The molecule has 0 N–H and O–H groups in total. The van der Waals surface area contributed by atoms with Gasteiger partial charge in [0, 0.05) is 12.6 Å². The van der Waals surface area contributed by atoms with Crippen LogP contribution in [0.5, 0.6) is 0 Å². The van der Waals surface area contributed by atoms with Crippen LogP contribution in [-0.4, -0.2) is 50.1 Å². The molecule has 0 saturated heterocycles. The number of rotatable bonds is 5. The van der Waals surface area contributed by atoms with E-state index in [4.69, 9.17) is 0 Å². The van der Waals surface area contributed by atoms with Gasteiger partial charge >= 0.3 is 0 Å². The summed E-state index contributed by atoms with van der Waals surface area (Å²) >= 11 is 0. The summed E-state index contributed by atoms with van der Waals surface area (Å²) in [6.07, 6.45) is 1.24.